The number of hydrogen-bond donors (Lipinski definition) is 1. The van der Waals surface area contributed by atoms with Crippen LogP contribution in [0.25, 0.3) is 21.9 Å². The van der Waals surface area contributed by atoms with E-state index in [0.29, 0.717) is 19.4 Å². The fraction of sp³-hybridized carbons (Fsp3) is 0.324. The fourth-order valence-electron chi connectivity index (χ4n) is 7.47. The highest BCUT2D eigenvalue weighted by Gasteiger charge is 2.49. The summed E-state index contributed by atoms with van der Waals surface area (Å²) in [5.74, 6) is 0.836. The standard InChI is InChI=1S/C34H33NO4/c1-38-32-18-17-31(28-15-6-7-16-29(28)32)34(37)19-22-9-8-10-23(20-34)35(22)33(36)39-21-30-26-13-4-2-11-24(26)25-12-3-5-14-27(25)30/h2-7,11-18,22-23,30,37H,8-10,19-21H2,1H3. The number of methoxy groups -OCH3 is 1. The van der Waals surface area contributed by atoms with Crippen LogP contribution in [-0.2, 0) is 10.3 Å². The molecule has 2 fully saturated rings. The summed E-state index contributed by atoms with van der Waals surface area (Å²) in [6.45, 7) is 0.316. The van der Waals surface area contributed by atoms with E-state index in [1.807, 2.05) is 35.2 Å². The van der Waals surface area contributed by atoms with Gasteiger partial charge in [0.25, 0.3) is 0 Å². The zero-order valence-corrected chi connectivity index (χ0v) is 22.2. The third-order valence-corrected chi connectivity index (χ3v) is 9.16. The first-order valence-electron chi connectivity index (χ1n) is 14.0. The van der Waals surface area contributed by atoms with Crippen molar-refractivity contribution in [2.45, 2.75) is 55.7 Å². The number of fused-ring (bicyclic) bond motifs is 6. The van der Waals surface area contributed by atoms with E-state index in [2.05, 4.69) is 54.6 Å². The van der Waals surface area contributed by atoms with Gasteiger partial charge in [-0.15, -0.1) is 0 Å². The summed E-state index contributed by atoms with van der Waals surface area (Å²) < 4.78 is 11.7. The first-order valence-corrected chi connectivity index (χ1v) is 14.0. The topological polar surface area (TPSA) is 59.0 Å². The maximum atomic E-state index is 13.6. The van der Waals surface area contributed by atoms with Crippen LogP contribution in [-0.4, -0.2) is 41.9 Å². The van der Waals surface area contributed by atoms with Crippen LogP contribution in [0.15, 0.2) is 84.9 Å². The molecule has 1 aliphatic carbocycles. The Morgan fingerprint density at radius 3 is 2.08 bits per heavy atom. The minimum absolute atomic E-state index is 0.0357. The van der Waals surface area contributed by atoms with E-state index >= 15 is 0 Å². The highest BCUT2D eigenvalue weighted by atomic mass is 16.6. The van der Waals surface area contributed by atoms with Gasteiger partial charge >= 0.3 is 6.09 Å². The Morgan fingerprint density at radius 1 is 0.846 bits per heavy atom. The van der Waals surface area contributed by atoms with Gasteiger partial charge < -0.3 is 19.5 Å². The van der Waals surface area contributed by atoms with Crippen LogP contribution in [0, 0.1) is 0 Å². The molecule has 0 radical (unpaired) electrons. The van der Waals surface area contributed by atoms with E-state index in [1.165, 1.54) is 22.3 Å². The lowest BCUT2D eigenvalue weighted by Crippen LogP contribution is -2.59. The summed E-state index contributed by atoms with van der Waals surface area (Å²) in [6, 6.07) is 28.7. The smallest absolute Gasteiger partial charge is 0.410 e. The number of hydrogen-bond acceptors (Lipinski definition) is 4. The van der Waals surface area contributed by atoms with Crippen molar-refractivity contribution in [2.24, 2.45) is 0 Å². The third-order valence-electron chi connectivity index (χ3n) is 9.16. The number of nitrogens with zero attached hydrogens (tertiary/aromatic N) is 1. The normalized spacial score (nSPS) is 23.8. The summed E-state index contributed by atoms with van der Waals surface area (Å²) in [4.78, 5) is 15.6. The number of aliphatic hydroxyl groups is 1. The average molecular weight is 520 g/mol. The number of rotatable bonds is 4. The lowest BCUT2D eigenvalue weighted by atomic mass is 9.71. The maximum absolute atomic E-state index is 13.6. The van der Waals surface area contributed by atoms with E-state index in [9.17, 15) is 9.90 Å². The third kappa shape index (κ3) is 3.90. The van der Waals surface area contributed by atoms with Crippen molar-refractivity contribution in [3.05, 3.63) is 102 Å². The number of ether oxygens (including phenoxy) is 2. The molecule has 5 heteroatoms. The second-order valence-corrected chi connectivity index (χ2v) is 11.3. The largest absolute Gasteiger partial charge is 0.496 e. The van der Waals surface area contributed by atoms with Gasteiger partial charge in [-0.05, 0) is 58.5 Å². The minimum atomic E-state index is -1.01. The molecule has 7 rings (SSSR count). The summed E-state index contributed by atoms with van der Waals surface area (Å²) >= 11 is 0. The molecule has 2 heterocycles. The van der Waals surface area contributed by atoms with Gasteiger partial charge in [-0.25, -0.2) is 4.79 Å². The van der Waals surface area contributed by atoms with Gasteiger partial charge in [0.05, 0.1) is 12.7 Å². The molecule has 2 bridgehead atoms. The van der Waals surface area contributed by atoms with E-state index in [4.69, 9.17) is 9.47 Å². The highest BCUT2D eigenvalue weighted by Crippen LogP contribution is 2.48. The van der Waals surface area contributed by atoms with Gasteiger partial charge in [-0.2, -0.15) is 0 Å². The molecule has 2 saturated heterocycles. The molecule has 3 aliphatic rings. The lowest BCUT2D eigenvalue weighted by Gasteiger charge is -2.51. The molecule has 2 unspecified atom stereocenters. The Hall–Kier alpha value is -3.83. The predicted octanol–water partition coefficient (Wildman–Crippen LogP) is 7.00. The molecule has 2 aliphatic heterocycles. The molecule has 0 spiro atoms. The molecule has 39 heavy (non-hydrogen) atoms. The Labute approximate surface area is 229 Å². The zero-order valence-electron chi connectivity index (χ0n) is 22.2. The lowest BCUT2D eigenvalue weighted by molar-refractivity contribution is -0.0883. The Balaban J connectivity index is 1.13. The van der Waals surface area contributed by atoms with Crippen LogP contribution in [0.2, 0.25) is 0 Å². The number of amides is 1. The molecular formula is C34H33NO4. The van der Waals surface area contributed by atoms with Crippen molar-refractivity contribution in [1.29, 1.82) is 0 Å². The van der Waals surface area contributed by atoms with Crippen molar-refractivity contribution < 1.29 is 19.4 Å². The first-order chi connectivity index (χ1) is 19.1. The van der Waals surface area contributed by atoms with E-state index in [0.717, 1.165) is 41.3 Å². The van der Waals surface area contributed by atoms with Gasteiger partial charge in [0.15, 0.2) is 0 Å². The van der Waals surface area contributed by atoms with Crippen LogP contribution in [0.1, 0.15) is 54.7 Å². The summed E-state index contributed by atoms with van der Waals surface area (Å²) in [7, 11) is 1.67. The predicted molar refractivity (Wildman–Crippen MR) is 152 cm³/mol. The summed E-state index contributed by atoms with van der Waals surface area (Å²) in [5, 5.41) is 14.1. The molecule has 1 N–H and O–H groups in total. The van der Waals surface area contributed by atoms with E-state index < -0.39 is 5.60 Å². The molecular weight excluding hydrogens is 486 g/mol. The summed E-state index contributed by atoms with van der Waals surface area (Å²) in [5.41, 5.74) is 4.78. The van der Waals surface area contributed by atoms with Gasteiger partial charge in [-0.1, -0.05) is 78.9 Å². The molecule has 198 valence electrons. The average Bonchev–Trinajstić information content (AvgIpc) is 3.28. The fourth-order valence-corrected chi connectivity index (χ4v) is 7.47. The van der Waals surface area contributed by atoms with Crippen molar-refractivity contribution in [2.75, 3.05) is 13.7 Å². The van der Waals surface area contributed by atoms with Crippen molar-refractivity contribution in [1.82, 2.24) is 4.90 Å². The maximum Gasteiger partial charge on any atom is 0.410 e. The van der Waals surface area contributed by atoms with Crippen LogP contribution in [0.5, 0.6) is 5.75 Å². The van der Waals surface area contributed by atoms with Gasteiger partial charge in [0.1, 0.15) is 12.4 Å². The van der Waals surface area contributed by atoms with Crippen LogP contribution in [0.4, 0.5) is 4.79 Å². The van der Waals surface area contributed by atoms with Crippen LogP contribution >= 0.6 is 0 Å². The molecule has 0 aromatic heterocycles. The van der Waals surface area contributed by atoms with Crippen LogP contribution < -0.4 is 4.74 Å². The molecule has 4 aromatic carbocycles. The quantitative estimate of drug-likeness (QED) is 0.315. The zero-order chi connectivity index (χ0) is 26.6. The highest BCUT2D eigenvalue weighted by molar-refractivity contribution is 5.91. The number of carbonyl (C=O) groups is 1. The SMILES string of the molecule is COc1ccc(C2(O)CC3CCCC(C2)N3C(=O)OCC2c3ccccc3-c3ccccc32)c2ccccc12. The Morgan fingerprint density at radius 2 is 1.44 bits per heavy atom. The van der Waals surface area contributed by atoms with Crippen LogP contribution in [0.3, 0.4) is 0 Å². The van der Waals surface area contributed by atoms with Crippen molar-refractivity contribution in [3.63, 3.8) is 0 Å². The second-order valence-electron chi connectivity index (χ2n) is 11.3. The Kier molecular flexibility index (Phi) is 5.85. The first kappa shape index (κ1) is 24.2. The molecule has 2 atom stereocenters. The van der Waals surface area contributed by atoms with Crippen molar-refractivity contribution in [3.8, 4) is 16.9 Å². The molecule has 0 saturated carbocycles. The second kappa shape index (κ2) is 9.42. The van der Waals surface area contributed by atoms with E-state index in [-0.39, 0.29) is 24.1 Å². The monoisotopic (exact) mass is 519 g/mol. The Bertz CT molecular complexity index is 1500. The molecule has 4 aromatic rings. The number of carbonyl (C=O) groups excluding carboxylic acids is 1. The van der Waals surface area contributed by atoms with Gasteiger partial charge in [0, 0.05) is 36.2 Å². The molecule has 5 nitrogen and oxygen atoms in total. The van der Waals surface area contributed by atoms with Gasteiger partial charge in [-0.3, -0.25) is 0 Å². The van der Waals surface area contributed by atoms with E-state index in [1.54, 1.807) is 7.11 Å². The number of piperidine rings is 2. The minimum Gasteiger partial charge on any atom is -0.496 e. The molecule has 1 amide bonds. The van der Waals surface area contributed by atoms with Crippen molar-refractivity contribution >= 4 is 16.9 Å². The summed E-state index contributed by atoms with van der Waals surface area (Å²) in [6.07, 6.45) is 3.55. The number of benzene rings is 4. The van der Waals surface area contributed by atoms with Gasteiger partial charge in [0.2, 0.25) is 0 Å².